The van der Waals surface area contributed by atoms with Gasteiger partial charge >= 0.3 is 0 Å². The molecule has 2 aliphatic carbocycles. The van der Waals surface area contributed by atoms with Crippen molar-refractivity contribution >= 4 is 5.71 Å². The van der Waals surface area contributed by atoms with Crippen LogP contribution in [0.25, 0.3) is 0 Å². The van der Waals surface area contributed by atoms with Gasteiger partial charge in [0.05, 0.1) is 5.71 Å². The highest BCUT2D eigenvalue weighted by Crippen LogP contribution is 2.42. The Morgan fingerprint density at radius 1 is 1.50 bits per heavy atom. The Kier molecular flexibility index (Phi) is 1.40. The molecule has 2 unspecified atom stereocenters. The van der Waals surface area contributed by atoms with Gasteiger partial charge in [-0.2, -0.15) is 0 Å². The van der Waals surface area contributed by atoms with Gasteiger partial charge in [0.15, 0.2) is 0 Å². The van der Waals surface area contributed by atoms with Crippen LogP contribution in [-0.4, -0.2) is 12.8 Å². The Hall–Kier alpha value is -0.530. The molecule has 0 amide bonds. The second-order valence-corrected chi connectivity index (χ2v) is 3.35. The number of oxime groups is 1. The fraction of sp³-hybridized carbons (Fsp3) is 0.875. The summed E-state index contributed by atoms with van der Waals surface area (Å²) in [6.45, 7) is 0. The topological polar surface area (TPSA) is 21.6 Å². The van der Waals surface area contributed by atoms with E-state index >= 15 is 0 Å². The van der Waals surface area contributed by atoms with Crippen molar-refractivity contribution in [2.45, 2.75) is 25.7 Å². The largest absolute Gasteiger partial charge is 0.399 e. The van der Waals surface area contributed by atoms with E-state index < -0.39 is 0 Å². The average Bonchev–Trinajstić information content (AvgIpc) is 2.48. The first-order valence-corrected chi connectivity index (χ1v) is 4.00. The molecule has 2 bridgehead atoms. The van der Waals surface area contributed by atoms with E-state index in [9.17, 15) is 0 Å². The molecule has 0 aromatic heterocycles. The lowest BCUT2D eigenvalue weighted by atomic mass is 9.99. The highest BCUT2D eigenvalue weighted by atomic mass is 16.6. The van der Waals surface area contributed by atoms with Crippen LogP contribution in [0.1, 0.15) is 25.7 Å². The number of nitrogens with zero attached hydrogens (tertiary/aromatic N) is 1. The molecule has 0 saturated heterocycles. The molecular formula is C8H13NO. The second kappa shape index (κ2) is 2.26. The van der Waals surface area contributed by atoms with E-state index in [0.717, 1.165) is 11.8 Å². The monoisotopic (exact) mass is 139 g/mol. The zero-order valence-electron chi connectivity index (χ0n) is 6.34. The van der Waals surface area contributed by atoms with Crippen molar-refractivity contribution in [3.05, 3.63) is 0 Å². The van der Waals surface area contributed by atoms with Crippen molar-refractivity contribution in [1.82, 2.24) is 0 Å². The summed E-state index contributed by atoms with van der Waals surface area (Å²) in [5, 5.41) is 4.02. The van der Waals surface area contributed by atoms with Gasteiger partial charge in [0.25, 0.3) is 0 Å². The van der Waals surface area contributed by atoms with Crippen molar-refractivity contribution in [1.29, 1.82) is 0 Å². The SMILES string of the molecule is CON=C1CC2CCC1C2. The van der Waals surface area contributed by atoms with Crippen molar-refractivity contribution in [2.75, 3.05) is 7.11 Å². The maximum atomic E-state index is 4.77. The summed E-state index contributed by atoms with van der Waals surface area (Å²) in [7, 11) is 1.64. The predicted octanol–water partition coefficient (Wildman–Crippen LogP) is 1.81. The standard InChI is InChI=1S/C8H13NO/c1-10-9-8-5-6-2-3-7(8)4-6/h6-7H,2-5H2,1H3. The van der Waals surface area contributed by atoms with Crippen LogP contribution in [0.5, 0.6) is 0 Å². The van der Waals surface area contributed by atoms with Gasteiger partial charge in [-0.25, -0.2) is 0 Å². The van der Waals surface area contributed by atoms with Crippen LogP contribution in [-0.2, 0) is 4.84 Å². The minimum atomic E-state index is 0.782. The first-order valence-electron chi connectivity index (χ1n) is 4.00. The Bertz CT molecular complexity index is 165. The predicted molar refractivity (Wildman–Crippen MR) is 39.9 cm³/mol. The molecule has 0 spiro atoms. The van der Waals surface area contributed by atoms with Gasteiger partial charge in [-0.3, -0.25) is 0 Å². The van der Waals surface area contributed by atoms with Crippen molar-refractivity contribution < 1.29 is 4.84 Å². The minimum absolute atomic E-state index is 0.782. The molecule has 0 aliphatic heterocycles. The molecule has 0 heterocycles. The van der Waals surface area contributed by atoms with Crippen LogP contribution < -0.4 is 0 Å². The molecule has 10 heavy (non-hydrogen) atoms. The van der Waals surface area contributed by atoms with Gasteiger partial charge in [-0.15, -0.1) is 0 Å². The molecule has 0 aromatic carbocycles. The second-order valence-electron chi connectivity index (χ2n) is 3.35. The number of fused-ring (bicyclic) bond motifs is 2. The molecule has 2 aliphatic rings. The van der Waals surface area contributed by atoms with Crippen molar-refractivity contribution in [3.8, 4) is 0 Å². The molecule has 2 heteroatoms. The van der Waals surface area contributed by atoms with Crippen LogP contribution >= 0.6 is 0 Å². The summed E-state index contributed by atoms with van der Waals surface area (Å²) in [6.07, 6.45) is 5.36. The van der Waals surface area contributed by atoms with E-state index in [4.69, 9.17) is 4.84 Å². The Labute approximate surface area is 61.2 Å². The first-order chi connectivity index (χ1) is 4.90. The highest BCUT2D eigenvalue weighted by molar-refractivity contribution is 5.89. The van der Waals surface area contributed by atoms with Gasteiger partial charge in [0.2, 0.25) is 0 Å². The lowest BCUT2D eigenvalue weighted by molar-refractivity contribution is 0.210. The Morgan fingerprint density at radius 3 is 2.90 bits per heavy atom. The fourth-order valence-electron chi connectivity index (χ4n) is 2.25. The molecule has 0 N–H and O–H groups in total. The molecular weight excluding hydrogens is 126 g/mol. The molecule has 0 radical (unpaired) electrons. The molecule has 0 aromatic rings. The molecule has 2 atom stereocenters. The Morgan fingerprint density at radius 2 is 2.40 bits per heavy atom. The molecule has 2 nitrogen and oxygen atoms in total. The van der Waals surface area contributed by atoms with Gasteiger partial charge in [-0.05, 0) is 31.6 Å². The lowest BCUT2D eigenvalue weighted by Crippen LogP contribution is -2.09. The van der Waals surface area contributed by atoms with Crippen LogP contribution in [0.15, 0.2) is 5.16 Å². The zero-order valence-corrected chi connectivity index (χ0v) is 6.34. The van der Waals surface area contributed by atoms with E-state index in [2.05, 4.69) is 5.16 Å². The molecule has 2 fully saturated rings. The quantitative estimate of drug-likeness (QED) is 0.508. The van der Waals surface area contributed by atoms with Gasteiger partial charge in [-0.1, -0.05) is 5.16 Å². The van der Waals surface area contributed by atoms with Gasteiger partial charge < -0.3 is 4.84 Å². The van der Waals surface area contributed by atoms with Crippen LogP contribution in [0.4, 0.5) is 0 Å². The smallest absolute Gasteiger partial charge is 0.106 e. The number of hydrogen-bond donors (Lipinski definition) is 0. The fourth-order valence-corrected chi connectivity index (χ4v) is 2.25. The third kappa shape index (κ3) is 0.825. The third-order valence-electron chi connectivity index (χ3n) is 2.72. The third-order valence-corrected chi connectivity index (χ3v) is 2.72. The lowest BCUT2D eigenvalue weighted by Gasteiger charge is -2.09. The minimum Gasteiger partial charge on any atom is -0.399 e. The summed E-state index contributed by atoms with van der Waals surface area (Å²) in [5.41, 5.74) is 1.32. The molecule has 2 saturated carbocycles. The normalized spacial score (nSPS) is 41.1. The maximum absolute atomic E-state index is 4.77. The average molecular weight is 139 g/mol. The van der Waals surface area contributed by atoms with Crippen molar-refractivity contribution in [2.24, 2.45) is 17.0 Å². The van der Waals surface area contributed by atoms with E-state index in [1.54, 1.807) is 7.11 Å². The highest BCUT2D eigenvalue weighted by Gasteiger charge is 2.36. The van der Waals surface area contributed by atoms with E-state index in [0.29, 0.717) is 0 Å². The number of rotatable bonds is 1. The van der Waals surface area contributed by atoms with Gasteiger partial charge in [0.1, 0.15) is 7.11 Å². The maximum Gasteiger partial charge on any atom is 0.106 e. The van der Waals surface area contributed by atoms with Crippen LogP contribution in [0, 0.1) is 11.8 Å². The van der Waals surface area contributed by atoms with E-state index in [1.807, 2.05) is 0 Å². The molecule has 2 rings (SSSR count). The van der Waals surface area contributed by atoms with Crippen molar-refractivity contribution in [3.63, 3.8) is 0 Å². The van der Waals surface area contributed by atoms with E-state index in [1.165, 1.54) is 31.4 Å². The summed E-state index contributed by atoms with van der Waals surface area (Å²) in [6, 6.07) is 0. The number of hydrogen-bond acceptors (Lipinski definition) is 2. The summed E-state index contributed by atoms with van der Waals surface area (Å²) in [4.78, 5) is 4.77. The van der Waals surface area contributed by atoms with Crippen LogP contribution in [0.3, 0.4) is 0 Å². The first kappa shape index (κ1) is 6.20. The summed E-state index contributed by atoms with van der Waals surface area (Å²) < 4.78 is 0. The Balaban J connectivity index is 2.08. The van der Waals surface area contributed by atoms with Crippen LogP contribution in [0.2, 0.25) is 0 Å². The van der Waals surface area contributed by atoms with E-state index in [-0.39, 0.29) is 0 Å². The molecule has 56 valence electrons. The zero-order chi connectivity index (χ0) is 6.97. The van der Waals surface area contributed by atoms with Gasteiger partial charge in [0, 0.05) is 5.92 Å². The summed E-state index contributed by atoms with van der Waals surface area (Å²) >= 11 is 0. The summed E-state index contributed by atoms with van der Waals surface area (Å²) in [5.74, 6) is 1.73.